The van der Waals surface area contributed by atoms with Crippen LogP contribution in [0.3, 0.4) is 0 Å². The van der Waals surface area contributed by atoms with E-state index >= 15 is 0 Å². The number of rotatable bonds is 28. The Kier molecular flexibility index (Phi) is 26.9. The normalized spacial score (nSPS) is 14.0. The third-order valence-corrected chi connectivity index (χ3v) is 7.42. The number of hydrogen-bond donors (Lipinski definition) is 4. The molecule has 0 aromatic heterocycles. The highest BCUT2D eigenvalue weighted by Crippen LogP contribution is 2.15. The van der Waals surface area contributed by atoms with Gasteiger partial charge >= 0.3 is 0 Å². The molecule has 1 amide bonds. The lowest BCUT2D eigenvalue weighted by molar-refractivity contribution is -0.125. The number of carbonyl (C=O) groups is 1. The third kappa shape index (κ3) is 23.7. The fraction of sp³-hybridized carbons (Fsp3) is 0.968. The Morgan fingerprint density at radius 3 is 1.33 bits per heavy atom. The summed E-state index contributed by atoms with van der Waals surface area (Å²) in [5, 5.41) is 32.9. The van der Waals surface area contributed by atoms with Crippen molar-refractivity contribution in [2.24, 2.45) is 0 Å². The molecule has 0 spiro atoms. The number of unbranched alkanes of at least 4 members (excludes halogenated alkanes) is 19. The topological polar surface area (TPSA) is 89.8 Å². The fourth-order valence-electron chi connectivity index (χ4n) is 4.93. The molecule has 0 aromatic rings. The molecule has 0 aliphatic rings. The van der Waals surface area contributed by atoms with E-state index in [0.717, 1.165) is 25.7 Å². The zero-order valence-electron chi connectivity index (χ0n) is 24.2. The molecule has 4 N–H and O–H groups in total. The van der Waals surface area contributed by atoms with E-state index in [1.54, 1.807) is 0 Å². The molecule has 0 aliphatic carbocycles. The number of hydrogen-bond acceptors (Lipinski definition) is 4. The van der Waals surface area contributed by atoms with Crippen molar-refractivity contribution in [1.82, 2.24) is 5.32 Å². The summed E-state index contributed by atoms with van der Waals surface area (Å²) >= 11 is 0. The van der Waals surface area contributed by atoms with Crippen LogP contribution in [0.25, 0.3) is 0 Å². The van der Waals surface area contributed by atoms with Crippen molar-refractivity contribution in [2.75, 3.05) is 6.61 Å². The average molecular weight is 514 g/mol. The van der Waals surface area contributed by atoms with Crippen LogP contribution in [0.4, 0.5) is 0 Å². The van der Waals surface area contributed by atoms with Crippen LogP contribution in [0.2, 0.25) is 0 Å². The van der Waals surface area contributed by atoms with Crippen LogP contribution in [0, 0.1) is 0 Å². The second kappa shape index (κ2) is 27.4. The first kappa shape index (κ1) is 35.4. The first-order chi connectivity index (χ1) is 17.5. The summed E-state index contributed by atoms with van der Waals surface area (Å²) in [6, 6.07) is -0.648. The Morgan fingerprint density at radius 1 is 0.583 bits per heavy atom. The van der Waals surface area contributed by atoms with Gasteiger partial charge in [0.25, 0.3) is 0 Å². The van der Waals surface area contributed by atoms with Crippen molar-refractivity contribution in [2.45, 2.75) is 186 Å². The van der Waals surface area contributed by atoms with Crippen molar-refractivity contribution >= 4 is 5.91 Å². The van der Waals surface area contributed by atoms with E-state index in [1.807, 2.05) is 0 Å². The van der Waals surface area contributed by atoms with Crippen molar-refractivity contribution < 1.29 is 20.1 Å². The number of nitrogens with one attached hydrogen (secondary N) is 1. The zero-order chi connectivity index (χ0) is 26.7. The van der Waals surface area contributed by atoms with Gasteiger partial charge in [0.05, 0.1) is 31.3 Å². The predicted octanol–water partition coefficient (Wildman–Crippen LogP) is 7.59. The Hall–Kier alpha value is -0.650. The number of amides is 1. The number of carbonyl (C=O) groups excluding carboxylic acids is 1. The molecule has 0 rings (SSSR count). The van der Waals surface area contributed by atoms with Crippen LogP contribution >= 0.6 is 0 Å². The predicted molar refractivity (Wildman–Crippen MR) is 153 cm³/mol. The Bertz CT molecular complexity index is 460. The molecule has 0 radical (unpaired) electrons. The molecule has 3 unspecified atom stereocenters. The fourth-order valence-corrected chi connectivity index (χ4v) is 4.93. The lowest BCUT2D eigenvalue weighted by atomic mass is 10.0. The molecule has 5 heteroatoms. The maximum Gasteiger partial charge on any atom is 0.222 e. The minimum atomic E-state index is -0.739. The molecule has 0 aliphatic heterocycles. The second-order valence-corrected chi connectivity index (χ2v) is 11.1. The molecular weight excluding hydrogens is 450 g/mol. The van der Waals surface area contributed by atoms with Crippen molar-refractivity contribution in [3.63, 3.8) is 0 Å². The summed E-state index contributed by atoms with van der Waals surface area (Å²) in [5.41, 5.74) is 0. The van der Waals surface area contributed by atoms with Gasteiger partial charge in [-0.05, 0) is 12.8 Å². The zero-order valence-corrected chi connectivity index (χ0v) is 24.2. The molecule has 0 bridgehead atoms. The van der Waals surface area contributed by atoms with Gasteiger partial charge < -0.3 is 20.6 Å². The first-order valence-electron chi connectivity index (χ1n) is 15.8. The third-order valence-electron chi connectivity index (χ3n) is 7.42. The van der Waals surface area contributed by atoms with Crippen molar-refractivity contribution in [3.8, 4) is 0 Å². The molecule has 0 saturated carbocycles. The van der Waals surface area contributed by atoms with Gasteiger partial charge in [-0.25, -0.2) is 0 Å². The molecule has 0 saturated heterocycles. The highest BCUT2D eigenvalue weighted by Gasteiger charge is 2.21. The lowest BCUT2D eigenvalue weighted by Gasteiger charge is -2.23. The average Bonchev–Trinajstić information content (AvgIpc) is 2.86. The summed E-state index contributed by atoms with van der Waals surface area (Å²) in [5.74, 6) is -0.287. The second-order valence-electron chi connectivity index (χ2n) is 11.1. The highest BCUT2D eigenvalue weighted by atomic mass is 16.3. The SMILES string of the molecule is CCCCCCCCCCCCCCCCC(O)C(CO)NC(=O)CC(O)CCCCCCCCC. The highest BCUT2D eigenvalue weighted by molar-refractivity contribution is 5.76. The van der Waals surface area contributed by atoms with E-state index < -0.39 is 18.2 Å². The molecular formula is C31H63NO4. The summed E-state index contributed by atoms with van der Waals surface area (Å²) in [6.45, 7) is 4.20. The van der Waals surface area contributed by atoms with Crippen LogP contribution in [0.5, 0.6) is 0 Å². The molecule has 0 fully saturated rings. The number of aliphatic hydroxyl groups excluding tert-OH is 3. The van der Waals surface area contributed by atoms with E-state index in [4.69, 9.17) is 0 Å². The van der Waals surface area contributed by atoms with Gasteiger partial charge in [-0.2, -0.15) is 0 Å². The quantitative estimate of drug-likeness (QED) is 0.0811. The van der Waals surface area contributed by atoms with E-state index in [9.17, 15) is 20.1 Å². The van der Waals surface area contributed by atoms with Gasteiger partial charge in [0.15, 0.2) is 0 Å². The largest absolute Gasteiger partial charge is 0.394 e. The van der Waals surface area contributed by atoms with Gasteiger partial charge in [0, 0.05) is 0 Å². The smallest absolute Gasteiger partial charge is 0.222 e. The minimum Gasteiger partial charge on any atom is -0.394 e. The molecule has 5 nitrogen and oxygen atoms in total. The summed E-state index contributed by atoms with van der Waals surface area (Å²) < 4.78 is 0. The van der Waals surface area contributed by atoms with Crippen molar-refractivity contribution in [1.29, 1.82) is 0 Å². The maximum atomic E-state index is 12.2. The van der Waals surface area contributed by atoms with Crippen LogP contribution in [-0.2, 0) is 4.79 Å². The Morgan fingerprint density at radius 2 is 0.944 bits per heavy atom. The minimum absolute atomic E-state index is 0.0396. The van der Waals surface area contributed by atoms with Crippen LogP contribution in [0.15, 0.2) is 0 Å². The van der Waals surface area contributed by atoms with Crippen LogP contribution in [-0.4, -0.2) is 46.1 Å². The van der Waals surface area contributed by atoms with Gasteiger partial charge in [-0.3, -0.25) is 4.79 Å². The summed E-state index contributed by atoms with van der Waals surface area (Å²) in [4.78, 5) is 12.2. The lowest BCUT2D eigenvalue weighted by Crippen LogP contribution is -2.46. The Balaban J connectivity index is 3.69. The first-order valence-corrected chi connectivity index (χ1v) is 15.8. The van der Waals surface area contributed by atoms with E-state index in [1.165, 1.54) is 109 Å². The van der Waals surface area contributed by atoms with Crippen LogP contribution < -0.4 is 5.32 Å². The standard InChI is InChI=1S/C31H63NO4/c1-3-5-7-9-11-12-13-14-15-16-17-19-21-23-25-30(35)29(27-33)32-31(36)26-28(34)24-22-20-18-10-8-6-4-2/h28-30,33-35H,3-27H2,1-2H3,(H,32,36). The molecule has 3 atom stereocenters. The molecule has 216 valence electrons. The van der Waals surface area contributed by atoms with E-state index in [2.05, 4.69) is 19.2 Å². The van der Waals surface area contributed by atoms with Crippen LogP contribution in [0.1, 0.15) is 168 Å². The van der Waals surface area contributed by atoms with E-state index in [0.29, 0.717) is 12.8 Å². The number of aliphatic hydroxyl groups is 3. The van der Waals surface area contributed by atoms with Gasteiger partial charge in [-0.15, -0.1) is 0 Å². The molecule has 0 heterocycles. The van der Waals surface area contributed by atoms with Gasteiger partial charge in [0.2, 0.25) is 5.91 Å². The maximum absolute atomic E-state index is 12.2. The molecule has 36 heavy (non-hydrogen) atoms. The van der Waals surface area contributed by atoms with Gasteiger partial charge in [0.1, 0.15) is 0 Å². The summed E-state index contributed by atoms with van der Waals surface area (Å²) in [6.07, 6.45) is 26.3. The monoisotopic (exact) mass is 513 g/mol. The molecule has 0 aromatic carbocycles. The summed E-state index contributed by atoms with van der Waals surface area (Å²) in [7, 11) is 0. The van der Waals surface area contributed by atoms with Gasteiger partial charge in [-0.1, -0.05) is 149 Å². The van der Waals surface area contributed by atoms with E-state index in [-0.39, 0.29) is 18.9 Å². The van der Waals surface area contributed by atoms with Crippen molar-refractivity contribution in [3.05, 3.63) is 0 Å². The Labute approximate surface area is 224 Å².